The molecule has 1 atom stereocenters. The van der Waals surface area contributed by atoms with Crippen molar-refractivity contribution in [2.24, 2.45) is 5.92 Å². The van der Waals surface area contributed by atoms with Crippen molar-refractivity contribution in [2.45, 2.75) is 53.0 Å². The number of aryl methyl sites for hydroxylation is 2. The van der Waals surface area contributed by atoms with Crippen LogP contribution in [0.4, 0.5) is 0 Å². The molecule has 0 aliphatic heterocycles. The number of rotatable bonds is 7. The Bertz CT molecular complexity index is 333. The van der Waals surface area contributed by atoms with Gasteiger partial charge in [-0.2, -0.15) is 0 Å². The molecule has 1 rings (SSSR count). The molecule has 0 aromatic carbocycles. The van der Waals surface area contributed by atoms with Gasteiger partial charge in [-0.3, -0.25) is 0 Å². The van der Waals surface area contributed by atoms with Gasteiger partial charge in [0.2, 0.25) is 0 Å². The molecule has 3 heteroatoms. The highest BCUT2D eigenvalue weighted by Crippen LogP contribution is 2.29. The van der Waals surface area contributed by atoms with Crippen molar-refractivity contribution in [1.82, 2.24) is 5.32 Å². The minimum Gasteiger partial charge on any atom is -0.315 e. The summed E-state index contributed by atoms with van der Waals surface area (Å²) in [6.45, 7) is 10.1. The van der Waals surface area contributed by atoms with Crippen molar-refractivity contribution < 1.29 is 0 Å². The predicted molar refractivity (Wildman–Crippen MR) is 82.0 cm³/mol. The Hall–Kier alpha value is 0.140. The average molecular weight is 318 g/mol. The third-order valence-electron chi connectivity index (χ3n) is 2.93. The molecule has 0 saturated carbocycles. The molecule has 1 heterocycles. The van der Waals surface area contributed by atoms with Crippen molar-refractivity contribution in [3.05, 3.63) is 20.3 Å². The molecule has 1 unspecified atom stereocenters. The zero-order valence-corrected chi connectivity index (χ0v) is 13.7. The van der Waals surface area contributed by atoms with Crippen molar-refractivity contribution in [2.75, 3.05) is 6.54 Å². The summed E-state index contributed by atoms with van der Waals surface area (Å²) in [5.74, 6) is 0.801. The van der Waals surface area contributed by atoms with Gasteiger partial charge in [0.05, 0.1) is 0 Å². The Morgan fingerprint density at radius 1 is 1.29 bits per heavy atom. The molecule has 17 heavy (non-hydrogen) atoms. The van der Waals surface area contributed by atoms with E-state index in [-0.39, 0.29) is 0 Å². The fraction of sp³-hybridized carbons (Fsp3) is 0.714. The molecule has 0 bridgehead atoms. The average Bonchev–Trinajstić information content (AvgIpc) is 2.54. The van der Waals surface area contributed by atoms with Crippen LogP contribution in [0.25, 0.3) is 0 Å². The molecular weight excluding hydrogens is 294 g/mol. The van der Waals surface area contributed by atoms with Crippen LogP contribution in [0.15, 0.2) is 10.5 Å². The highest BCUT2D eigenvalue weighted by Gasteiger charge is 2.07. The van der Waals surface area contributed by atoms with E-state index in [1.807, 2.05) is 11.3 Å². The van der Waals surface area contributed by atoms with Gasteiger partial charge in [-0.05, 0) is 60.6 Å². The molecule has 98 valence electrons. The SMILES string of the molecule is Cc1cc(Br)c(CCC(C)CCNC(C)C)s1. The summed E-state index contributed by atoms with van der Waals surface area (Å²) in [4.78, 5) is 2.91. The van der Waals surface area contributed by atoms with Crippen LogP contribution >= 0.6 is 27.3 Å². The molecule has 0 saturated heterocycles. The largest absolute Gasteiger partial charge is 0.315 e. The van der Waals surface area contributed by atoms with Crippen molar-refractivity contribution in [1.29, 1.82) is 0 Å². The van der Waals surface area contributed by atoms with E-state index in [9.17, 15) is 0 Å². The Morgan fingerprint density at radius 2 is 2.00 bits per heavy atom. The highest BCUT2D eigenvalue weighted by molar-refractivity contribution is 9.10. The first kappa shape index (κ1) is 15.2. The van der Waals surface area contributed by atoms with E-state index in [1.54, 1.807) is 0 Å². The van der Waals surface area contributed by atoms with E-state index >= 15 is 0 Å². The summed E-state index contributed by atoms with van der Waals surface area (Å²) in [6, 6.07) is 2.83. The predicted octanol–water partition coefficient (Wildman–Crippen LogP) is 4.78. The summed E-state index contributed by atoms with van der Waals surface area (Å²) in [5.41, 5.74) is 0. The number of halogens is 1. The highest BCUT2D eigenvalue weighted by atomic mass is 79.9. The van der Waals surface area contributed by atoms with Gasteiger partial charge in [0.1, 0.15) is 0 Å². The van der Waals surface area contributed by atoms with Gasteiger partial charge in [-0.15, -0.1) is 11.3 Å². The monoisotopic (exact) mass is 317 g/mol. The topological polar surface area (TPSA) is 12.0 Å². The maximum absolute atomic E-state index is 3.64. The van der Waals surface area contributed by atoms with E-state index in [2.05, 4.69) is 55.0 Å². The summed E-state index contributed by atoms with van der Waals surface area (Å²) in [7, 11) is 0. The number of hydrogen-bond donors (Lipinski definition) is 1. The molecule has 0 radical (unpaired) electrons. The number of nitrogens with one attached hydrogen (secondary N) is 1. The smallest absolute Gasteiger partial charge is 0.0317 e. The lowest BCUT2D eigenvalue weighted by atomic mass is 10.0. The molecule has 1 aromatic heterocycles. The van der Waals surface area contributed by atoms with Gasteiger partial charge in [-0.25, -0.2) is 0 Å². The summed E-state index contributed by atoms with van der Waals surface area (Å²) in [6.07, 6.45) is 3.78. The molecule has 1 N–H and O–H groups in total. The van der Waals surface area contributed by atoms with E-state index in [1.165, 1.54) is 33.5 Å². The fourth-order valence-electron chi connectivity index (χ4n) is 1.84. The van der Waals surface area contributed by atoms with Crippen LogP contribution in [0.1, 0.15) is 43.4 Å². The second kappa shape index (κ2) is 7.55. The molecule has 0 fully saturated rings. The van der Waals surface area contributed by atoms with Gasteiger partial charge in [-0.1, -0.05) is 20.8 Å². The molecule has 0 aliphatic rings. The van der Waals surface area contributed by atoms with E-state index in [0.29, 0.717) is 6.04 Å². The molecule has 1 nitrogen and oxygen atoms in total. The second-order valence-corrected chi connectivity index (χ2v) is 7.36. The van der Waals surface area contributed by atoms with E-state index in [4.69, 9.17) is 0 Å². The Balaban J connectivity index is 2.23. The zero-order valence-electron chi connectivity index (χ0n) is 11.3. The van der Waals surface area contributed by atoms with Crippen molar-refractivity contribution in [3.8, 4) is 0 Å². The quantitative estimate of drug-likeness (QED) is 0.763. The summed E-state index contributed by atoms with van der Waals surface area (Å²) >= 11 is 5.56. The summed E-state index contributed by atoms with van der Waals surface area (Å²) < 4.78 is 1.30. The van der Waals surface area contributed by atoms with Crippen LogP contribution in [-0.4, -0.2) is 12.6 Å². The zero-order chi connectivity index (χ0) is 12.8. The van der Waals surface area contributed by atoms with Crippen LogP contribution in [-0.2, 0) is 6.42 Å². The second-order valence-electron chi connectivity index (χ2n) is 5.17. The first-order chi connectivity index (χ1) is 7.99. The van der Waals surface area contributed by atoms with E-state index < -0.39 is 0 Å². The lowest BCUT2D eigenvalue weighted by Gasteiger charge is -2.13. The minimum atomic E-state index is 0.608. The first-order valence-corrected chi connectivity index (χ1v) is 8.08. The minimum absolute atomic E-state index is 0.608. The Labute approximate surface area is 118 Å². The van der Waals surface area contributed by atoms with Crippen LogP contribution in [0.5, 0.6) is 0 Å². The van der Waals surface area contributed by atoms with Gasteiger partial charge in [0, 0.05) is 20.3 Å². The van der Waals surface area contributed by atoms with Crippen LogP contribution < -0.4 is 5.32 Å². The fourth-order valence-corrected chi connectivity index (χ4v) is 3.72. The lowest BCUT2D eigenvalue weighted by Crippen LogP contribution is -2.24. The third-order valence-corrected chi connectivity index (χ3v) is 5.01. The van der Waals surface area contributed by atoms with Gasteiger partial charge < -0.3 is 5.32 Å². The van der Waals surface area contributed by atoms with Crippen LogP contribution in [0.3, 0.4) is 0 Å². The van der Waals surface area contributed by atoms with Gasteiger partial charge in [0.15, 0.2) is 0 Å². The normalized spacial score (nSPS) is 13.3. The van der Waals surface area contributed by atoms with Crippen LogP contribution in [0.2, 0.25) is 0 Å². The first-order valence-electron chi connectivity index (χ1n) is 6.47. The number of thiophene rings is 1. The maximum Gasteiger partial charge on any atom is 0.0317 e. The Kier molecular flexibility index (Phi) is 6.75. The molecular formula is C14H24BrNS. The van der Waals surface area contributed by atoms with Crippen molar-refractivity contribution in [3.63, 3.8) is 0 Å². The standard InChI is InChI=1S/C14H24BrNS/c1-10(2)16-8-7-11(3)5-6-14-13(15)9-12(4)17-14/h9-11,16H,5-8H2,1-4H3. The lowest BCUT2D eigenvalue weighted by molar-refractivity contribution is 0.455. The number of hydrogen-bond acceptors (Lipinski definition) is 2. The molecule has 0 amide bonds. The van der Waals surface area contributed by atoms with Crippen molar-refractivity contribution >= 4 is 27.3 Å². The molecule has 0 aliphatic carbocycles. The third kappa shape index (κ3) is 6.03. The van der Waals surface area contributed by atoms with Crippen LogP contribution in [0, 0.1) is 12.8 Å². The van der Waals surface area contributed by atoms with Gasteiger partial charge in [0.25, 0.3) is 0 Å². The molecule has 0 spiro atoms. The summed E-state index contributed by atoms with van der Waals surface area (Å²) in [5, 5.41) is 3.48. The van der Waals surface area contributed by atoms with E-state index in [0.717, 1.165) is 12.5 Å². The molecule has 1 aromatic rings. The Morgan fingerprint density at radius 3 is 2.53 bits per heavy atom. The maximum atomic E-state index is 3.64. The van der Waals surface area contributed by atoms with Gasteiger partial charge >= 0.3 is 0 Å².